The summed E-state index contributed by atoms with van der Waals surface area (Å²) < 4.78 is 36.9. The first-order valence-electron chi connectivity index (χ1n) is 20.3. The molecule has 0 bridgehead atoms. The van der Waals surface area contributed by atoms with Crippen LogP contribution in [0.25, 0.3) is 22.3 Å². The van der Waals surface area contributed by atoms with E-state index in [1.54, 1.807) is 18.3 Å². The third-order valence-electron chi connectivity index (χ3n) is 12.0. The van der Waals surface area contributed by atoms with Crippen molar-refractivity contribution in [2.45, 2.75) is 38.8 Å². The molecule has 0 unspecified atom stereocenters. The molecule has 1 saturated heterocycles. The van der Waals surface area contributed by atoms with Crippen LogP contribution in [0.5, 0.6) is 17.2 Å². The summed E-state index contributed by atoms with van der Waals surface area (Å²) >= 11 is 0. The molecular weight excluding hydrogens is 845 g/mol. The normalized spacial score (nSPS) is 16.0. The van der Waals surface area contributed by atoms with E-state index < -0.39 is 13.7 Å². The van der Waals surface area contributed by atoms with Crippen LogP contribution in [0.15, 0.2) is 91.3 Å². The molecular formula is C45H45N6Na2O9P. The molecule has 2 amide bonds. The van der Waals surface area contributed by atoms with Gasteiger partial charge in [0.15, 0.2) is 11.5 Å². The van der Waals surface area contributed by atoms with E-state index >= 15 is 9.59 Å². The van der Waals surface area contributed by atoms with E-state index in [4.69, 9.17) is 14.2 Å². The van der Waals surface area contributed by atoms with Crippen molar-refractivity contribution < 1.29 is 102 Å². The second kappa shape index (κ2) is 19.6. The molecule has 9 rings (SSSR count). The zero-order chi connectivity index (χ0) is 42.4. The number of ether oxygens (including phenoxy) is 3. The molecule has 15 nitrogen and oxygen atoms in total. The molecule has 1 atom stereocenters. The molecule has 0 saturated carbocycles. The van der Waals surface area contributed by atoms with Gasteiger partial charge in [-0.3, -0.25) is 19.4 Å². The Labute approximate surface area is 409 Å². The van der Waals surface area contributed by atoms with Crippen LogP contribution in [0.4, 0.5) is 11.4 Å². The van der Waals surface area contributed by atoms with Crippen molar-refractivity contribution in [3.05, 3.63) is 119 Å². The summed E-state index contributed by atoms with van der Waals surface area (Å²) in [6.07, 6.45) is 5.98. The zero-order valence-corrected chi connectivity index (χ0v) is 41.0. The first-order valence-corrected chi connectivity index (χ1v) is 21.7. The molecule has 3 aromatic carbocycles. The number of rotatable bonds is 11. The number of anilines is 2. The van der Waals surface area contributed by atoms with Crippen LogP contribution in [0, 0.1) is 6.92 Å². The molecule has 0 aliphatic carbocycles. The van der Waals surface area contributed by atoms with E-state index in [9.17, 15) is 14.4 Å². The second-order valence-corrected chi connectivity index (χ2v) is 16.8. The third kappa shape index (κ3) is 9.85. The van der Waals surface area contributed by atoms with E-state index in [1.165, 1.54) is 34.7 Å². The number of phosphoric acid groups is 1. The molecule has 3 aliphatic rings. The monoisotopic (exact) mass is 890 g/mol. The number of carbonyl (C=O) groups is 2. The quantitative estimate of drug-likeness (QED) is 0.122. The van der Waals surface area contributed by atoms with Gasteiger partial charge in [-0.05, 0) is 98.5 Å². The summed E-state index contributed by atoms with van der Waals surface area (Å²) in [5, 5.41) is 0.796. The van der Waals surface area contributed by atoms with Gasteiger partial charge in [-0.15, -0.1) is 0 Å². The van der Waals surface area contributed by atoms with Crippen LogP contribution in [-0.4, -0.2) is 81.4 Å². The second-order valence-electron chi connectivity index (χ2n) is 15.7. The Bertz CT molecular complexity index is 2700. The van der Waals surface area contributed by atoms with Crippen molar-refractivity contribution in [3.63, 3.8) is 0 Å². The first kappa shape index (κ1) is 47.0. The maximum absolute atomic E-state index is 15.2. The van der Waals surface area contributed by atoms with Gasteiger partial charge in [-0.2, -0.15) is 0 Å². The summed E-state index contributed by atoms with van der Waals surface area (Å²) in [4.78, 5) is 63.4. The maximum atomic E-state index is 15.2. The van der Waals surface area contributed by atoms with Crippen molar-refractivity contribution in [3.8, 4) is 28.5 Å². The fourth-order valence-electron chi connectivity index (χ4n) is 8.67. The van der Waals surface area contributed by atoms with Crippen LogP contribution in [0.1, 0.15) is 50.4 Å². The molecule has 316 valence electrons. The van der Waals surface area contributed by atoms with Gasteiger partial charge in [0.1, 0.15) is 19.2 Å². The van der Waals surface area contributed by atoms with Crippen molar-refractivity contribution >= 4 is 42.0 Å². The van der Waals surface area contributed by atoms with Gasteiger partial charge in [0.05, 0.1) is 36.2 Å². The van der Waals surface area contributed by atoms with Crippen LogP contribution in [-0.2, 0) is 36.4 Å². The van der Waals surface area contributed by atoms with Gasteiger partial charge in [0.2, 0.25) is 6.79 Å². The number of morpholine rings is 1. The topological polar surface area (TPSA) is 167 Å². The predicted octanol–water partition coefficient (Wildman–Crippen LogP) is -0.511. The Kier molecular flexibility index (Phi) is 14.7. The van der Waals surface area contributed by atoms with E-state index in [2.05, 4.69) is 32.6 Å². The van der Waals surface area contributed by atoms with Crippen LogP contribution in [0.2, 0.25) is 0 Å². The van der Waals surface area contributed by atoms with Gasteiger partial charge >= 0.3 is 59.1 Å². The van der Waals surface area contributed by atoms with Crippen LogP contribution >= 0.6 is 7.82 Å². The number of hydrogen-bond acceptors (Lipinski definition) is 11. The van der Waals surface area contributed by atoms with Gasteiger partial charge in [0.25, 0.3) is 11.8 Å². The average Bonchev–Trinajstić information content (AvgIpc) is 3.96. The number of fused-ring (bicyclic) bond motifs is 3. The van der Waals surface area contributed by atoms with E-state index in [0.29, 0.717) is 57.5 Å². The fraction of sp³-hybridized carbons (Fsp3) is 0.311. The molecule has 6 heterocycles. The minimum atomic E-state index is -5.31. The Morgan fingerprint density at radius 1 is 0.905 bits per heavy atom. The van der Waals surface area contributed by atoms with Gasteiger partial charge in [-0.25, -0.2) is 4.98 Å². The van der Waals surface area contributed by atoms with Gasteiger partial charge in [-0.1, -0.05) is 24.3 Å². The SMILES string of the molecule is Cc1c(C(=O)N(c2ccc(OP(=O)([O-])[O-])cc2)c2cnc3c(ccn3C)c2)cc(-c2cc3c(cc2C(=O)N2Cc4ccccc4C[C@H]2CCCN2CCOCC2)OCO3)n1C.[Na+].[Na+]. The Morgan fingerprint density at radius 2 is 1.62 bits per heavy atom. The third-order valence-corrected chi connectivity index (χ3v) is 12.4. The Morgan fingerprint density at radius 3 is 2.35 bits per heavy atom. The molecule has 0 spiro atoms. The number of aryl methyl sites for hydroxylation is 1. The Hall–Kier alpha value is -3.96. The van der Waals surface area contributed by atoms with Crippen molar-refractivity contribution in [1.29, 1.82) is 0 Å². The van der Waals surface area contributed by atoms with E-state index in [1.807, 2.05) is 65.5 Å². The van der Waals surface area contributed by atoms with E-state index in [-0.39, 0.29) is 83.6 Å². The predicted molar refractivity (Wildman–Crippen MR) is 224 cm³/mol. The molecule has 0 radical (unpaired) electrons. The van der Waals surface area contributed by atoms with Crippen molar-refractivity contribution in [2.24, 2.45) is 14.1 Å². The average molecular weight is 891 g/mol. The van der Waals surface area contributed by atoms with Crippen LogP contribution < -0.4 is 87.8 Å². The molecule has 0 N–H and O–H groups in total. The first-order chi connectivity index (χ1) is 29.4. The van der Waals surface area contributed by atoms with Crippen molar-refractivity contribution in [1.82, 2.24) is 23.9 Å². The fourth-order valence-corrected chi connectivity index (χ4v) is 9.05. The standard InChI is InChI=1S/C45H47N6O9P.2Na/c1-29-37(45(53)51(33-10-12-36(13-11-33)60-61(54,55)56)35-22-31-14-16-47(2)43(31)46-26-35)23-40(48(29)3)38-24-41-42(59-28-58-41)25-39(38)44(52)50-27-32-8-5-4-7-30(32)21-34(50)9-6-15-49-17-19-57-20-18-49;;/h4-5,7-8,10-14,16,22-26,34H,6,9,15,17-21,27-28H2,1-3H3,(H2,54,55,56);;/q;2*+1/p-2/t34-;;/m1../s1. The zero-order valence-electron chi connectivity index (χ0n) is 36.1. The molecule has 3 aliphatic heterocycles. The number of benzene rings is 3. The molecule has 3 aromatic heterocycles. The van der Waals surface area contributed by atoms with Gasteiger partial charge in [0, 0.05) is 74.0 Å². The summed E-state index contributed by atoms with van der Waals surface area (Å²) in [5.41, 5.74) is 6.51. The minimum absolute atomic E-state index is 0. The molecule has 1 fully saturated rings. The number of carbonyl (C=O) groups excluding carboxylic acids is 2. The maximum Gasteiger partial charge on any atom is 1.00 e. The largest absolute Gasteiger partial charge is 1.00 e. The molecule has 6 aromatic rings. The number of phosphoric ester groups is 1. The summed E-state index contributed by atoms with van der Waals surface area (Å²) in [5.74, 6) is 0.234. The number of pyridine rings is 1. The smallest absolute Gasteiger partial charge is 0.780 e. The summed E-state index contributed by atoms with van der Waals surface area (Å²) in [7, 11) is -1.59. The molecule has 63 heavy (non-hydrogen) atoms. The van der Waals surface area contributed by atoms with Crippen LogP contribution in [0.3, 0.4) is 0 Å². The molecule has 18 heteroatoms. The van der Waals surface area contributed by atoms with E-state index in [0.717, 1.165) is 68.7 Å². The number of amides is 2. The van der Waals surface area contributed by atoms with Crippen molar-refractivity contribution in [2.75, 3.05) is 44.5 Å². The van der Waals surface area contributed by atoms with Gasteiger partial charge < -0.3 is 47.1 Å². The summed E-state index contributed by atoms with van der Waals surface area (Å²) in [6.45, 7) is 6.54. The Balaban J connectivity index is 0.00000298. The summed E-state index contributed by atoms with van der Waals surface area (Å²) in [6, 6.07) is 23.0. The number of aromatic nitrogens is 3. The number of nitrogens with zero attached hydrogens (tertiary/aromatic N) is 6. The minimum Gasteiger partial charge on any atom is -0.780 e. The number of hydrogen-bond donors (Lipinski definition) is 0.